The molecule has 0 N–H and O–H groups in total. The summed E-state index contributed by atoms with van der Waals surface area (Å²) in [6.07, 6.45) is 6.91. The van der Waals surface area contributed by atoms with E-state index in [4.69, 9.17) is 0 Å². The van der Waals surface area contributed by atoms with Crippen molar-refractivity contribution < 1.29 is 0 Å². The molecule has 1 saturated heterocycles. The van der Waals surface area contributed by atoms with Gasteiger partial charge in [0.05, 0.1) is 0 Å². The Morgan fingerprint density at radius 1 is 0.909 bits per heavy atom. The quantitative estimate of drug-likeness (QED) is 0.565. The second kappa shape index (κ2) is 8.06. The normalized spacial score (nSPS) is 18.8. The lowest BCUT2D eigenvalue weighted by atomic mass is 10.1. The van der Waals surface area contributed by atoms with Gasteiger partial charge in [-0.3, -0.25) is 0 Å². The average molecular weight is 157 g/mol. The number of nitrogens with zero attached hydrogens (tertiary/aromatic N) is 1. The molecule has 1 rings (SSSR count). The predicted molar refractivity (Wildman–Crippen MR) is 51.9 cm³/mol. The highest BCUT2D eigenvalue weighted by Gasteiger charge is 2.02. The molecule has 0 bridgehead atoms. The molecule has 0 aromatic rings. The fraction of sp³-hybridized carbons (Fsp3) is 1.00. The van der Waals surface area contributed by atoms with Crippen LogP contribution in [0.5, 0.6) is 0 Å². The first-order valence-electron chi connectivity index (χ1n) is 4.99. The van der Waals surface area contributed by atoms with E-state index in [1.54, 1.807) is 0 Å². The molecule has 1 nitrogen and oxygen atoms in total. The first kappa shape index (κ1) is 11.0. The number of unbranched alkanes of at least 4 members (excludes halogenated alkanes) is 1. The lowest BCUT2D eigenvalue weighted by molar-refractivity contribution is 0.277. The van der Waals surface area contributed by atoms with Gasteiger partial charge in [-0.25, -0.2) is 0 Å². The molecule has 0 aromatic heterocycles. The molecule has 1 aliphatic heterocycles. The second-order valence-corrected chi connectivity index (χ2v) is 3.36. The molecular formula is C10H23N. The van der Waals surface area contributed by atoms with Gasteiger partial charge in [-0.05, 0) is 33.0 Å². The first-order valence-corrected chi connectivity index (χ1v) is 4.99. The van der Waals surface area contributed by atoms with Crippen molar-refractivity contribution in [2.45, 2.75) is 46.0 Å². The number of likely N-dealkylation sites (tertiary alicyclic amines) is 1. The highest BCUT2D eigenvalue weighted by atomic mass is 15.1. The van der Waals surface area contributed by atoms with Crippen molar-refractivity contribution in [3.8, 4) is 0 Å². The Balaban J connectivity index is 0.000000218. The van der Waals surface area contributed by atoms with Crippen LogP contribution in [-0.2, 0) is 0 Å². The number of hydrogen-bond donors (Lipinski definition) is 0. The molecule has 0 radical (unpaired) electrons. The van der Waals surface area contributed by atoms with Gasteiger partial charge in [0.2, 0.25) is 0 Å². The van der Waals surface area contributed by atoms with E-state index in [9.17, 15) is 0 Å². The third-order valence-corrected chi connectivity index (χ3v) is 2.08. The minimum Gasteiger partial charge on any atom is -0.306 e. The van der Waals surface area contributed by atoms with Crippen molar-refractivity contribution >= 4 is 0 Å². The monoisotopic (exact) mass is 157 g/mol. The molecule has 1 fully saturated rings. The summed E-state index contributed by atoms with van der Waals surface area (Å²) in [6.45, 7) is 7.00. The summed E-state index contributed by atoms with van der Waals surface area (Å²) in [7, 11) is 2.19. The smallest absolute Gasteiger partial charge is 0.00218 e. The summed E-state index contributed by atoms with van der Waals surface area (Å²) in [6, 6.07) is 0. The molecule has 1 heteroatoms. The van der Waals surface area contributed by atoms with Gasteiger partial charge >= 0.3 is 0 Å². The highest BCUT2D eigenvalue weighted by Crippen LogP contribution is 2.04. The van der Waals surface area contributed by atoms with Gasteiger partial charge in [-0.2, -0.15) is 0 Å². The predicted octanol–water partition coefficient (Wildman–Crippen LogP) is 2.91. The molecule has 0 aliphatic carbocycles. The third kappa shape index (κ3) is 7.86. The van der Waals surface area contributed by atoms with Crippen LogP contribution < -0.4 is 0 Å². The summed E-state index contributed by atoms with van der Waals surface area (Å²) in [5.41, 5.74) is 0. The van der Waals surface area contributed by atoms with E-state index < -0.39 is 0 Å². The second-order valence-electron chi connectivity index (χ2n) is 3.36. The van der Waals surface area contributed by atoms with Gasteiger partial charge in [0, 0.05) is 0 Å². The van der Waals surface area contributed by atoms with Crippen LogP contribution in [0.25, 0.3) is 0 Å². The molecule has 68 valence electrons. The average Bonchev–Trinajstić information content (AvgIpc) is 2.07. The van der Waals surface area contributed by atoms with Crippen LogP contribution in [0.4, 0.5) is 0 Å². The van der Waals surface area contributed by atoms with E-state index in [1.165, 1.54) is 45.2 Å². The van der Waals surface area contributed by atoms with E-state index in [2.05, 4.69) is 25.8 Å². The summed E-state index contributed by atoms with van der Waals surface area (Å²) >= 11 is 0. The highest BCUT2D eigenvalue weighted by molar-refractivity contribution is 4.58. The van der Waals surface area contributed by atoms with E-state index in [1.807, 2.05) is 0 Å². The zero-order chi connectivity index (χ0) is 8.53. The SMILES string of the molecule is CCCC.CN1CCCCC1. The van der Waals surface area contributed by atoms with Crippen LogP contribution in [0.3, 0.4) is 0 Å². The molecule has 0 atom stereocenters. The van der Waals surface area contributed by atoms with Crippen LogP contribution in [0.1, 0.15) is 46.0 Å². The van der Waals surface area contributed by atoms with Gasteiger partial charge in [0.25, 0.3) is 0 Å². The lowest BCUT2D eigenvalue weighted by Crippen LogP contribution is -2.24. The Morgan fingerprint density at radius 2 is 1.36 bits per heavy atom. The maximum Gasteiger partial charge on any atom is -0.00218 e. The molecule has 0 aromatic carbocycles. The van der Waals surface area contributed by atoms with Crippen molar-refractivity contribution in [3.05, 3.63) is 0 Å². The Hall–Kier alpha value is -0.0400. The van der Waals surface area contributed by atoms with E-state index >= 15 is 0 Å². The minimum atomic E-state index is 1.32. The van der Waals surface area contributed by atoms with Crippen molar-refractivity contribution in [2.75, 3.05) is 20.1 Å². The molecule has 1 aliphatic rings. The standard InChI is InChI=1S/C6H13N.C4H10/c1-7-5-3-2-4-6-7;1-3-4-2/h2-6H2,1H3;3-4H2,1-2H3. The Morgan fingerprint density at radius 3 is 1.55 bits per heavy atom. The van der Waals surface area contributed by atoms with Gasteiger partial charge in [0.15, 0.2) is 0 Å². The van der Waals surface area contributed by atoms with Gasteiger partial charge in [-0.15, -0.1) is 0 Å². The Labute approximate surface area is 71.8 Å². The van der Waals surface area contributed by atoms with Gasteiger partial charge in [-0.1, -0.05) is 33.1 Å². The minimum absolute atomic E-state index is 1.32. The fourth-order valence-electron chi connectivity index (χ4n) is 1.05. The molecule has 11 heavy (non-hydrogen) atoms. The number of hydrogen-bond acceptors (Lipinski definition) is 1. The maximum absolute atomic E-state index is 2.39. The van der Waals surface area contributed by atoms with Crippen LogP contribution >= 0.6 is 0 Å². The Kier molecular flexibility index (Phi) is 8.03. The van der Waals surface area contributed by atoms with Crippen molar-refractivity contribution in [1.82, 2.24) is 4.90 Å². The fourth-order valence-corrected chi connectivity index (χ4v) is 1.05. The van der Waals surface area contributed by atoms with Gasteiger partial charge < -0.3 is 4.90 Å². The van der Waals surface area contributed by atoms with Crippen molar-refractivity contribution in [2.24, 2.45) is 0 Å². The largest absolute Gasteiger partial charge is 0.306 e. The summed E-state index contributed by atoms with van der Waals surface area (Å²) in [4.78, 5) is 2.39. The molecular weight excluding hydrogens is 134 g/mol. The van der Waals surface area contributed by atoms with Crippen molar-refractivity contribution in [3.63, 3.8) is 0 Å². The van der Waals surface area contributed by atoms with Gasteiger partial charge in [0.1, 0.15) is 0 Å². The number of rotatable bonds is 1. The Bertz CT molecular complexity index is 63.3. The van der Waals surface area contributed by atoms with Crippen LogP contribution in [0.2, 0.25) is 0 Å². The zero-order valence-electron chi connectivity index (χ0n) is 8.40. The summed E-state index contributed by atoms with van der Waals surface area (Å²) in [5.74, 6) is 0. The molecule has 0 amide bonds. The first-order chi connectivity index (χ1) is 5.31. The van der Waals surface area contributed by atoms with Crippen molar-refractivity contribution in [1.29, 1.82) is 0 Å². The molecule has 0 saturated carbocycles. The lowest BCUT2D eigenvalue weighted by Gasteiger charge is -2.20. The number of piperidine rings is 1. The van der Waals surface area contributed by atoms with E-state index in [-0.39, 0.29) is 0 Å². The van der Waals surface area contributed by atoms with E-state index in [0.29, 0.717) is 0 Å². The van der Waals surface area contributed by atoms with Crippen LogP contribution in [0, 0.1) is 0 Å². The molecule has 0 unspecified atom stereocenters. The van der Waals surface area contributed by atoms with Crippen LogP contribution in [-0.4, -0.2) is 25.0 Å². The topological polar surface area (TPSA) is 3.24 Å². The van der Waals surface area contributed by atoms with Crippen LogP contribution in [0.15, 0.2) is 0 Å². The molecule has 0 spiro atoms. The maximum atomic E-state index is 2.39. The third-order valence-electron chi connectivity index (χ3n) is 2.08. The van der Waals surface area contributed by atoms with E-state index in [0.717, 1.165) is 0 Å². The summed E-state index contributed by atoms with van der Waals surface area (Å²) in [5, 5.41) is 0. The molecule has 1 heterocycles. The zero-order valence-corrected chi connectivity index (χ0v) is 8.40. The summed E-state index contributed by atoms with van der Waals surface area (Å²) < 4.78 is 0.